The molecule has 1 aliphatic rings. The third kappa shape index (κ3) is 4.96. The highest BCUT2D eigenvalue weighted by molar-refractivity contribution is 6.32. The number of benzene rings is 1. The molecule has 2 heterocycles. The number of aromatic nitrogens is 3. The number of nitrogens with one attached hydrogen (secondary N) is 1. The number of halogens is 1. The van der Waals surface area contributed by atoms with E-state index in [1.807, 2.05) is 38.1 Å². The molecule has 1 saturated carbocycles. The van der Waals surface area contributed by atoms with E-state index in [0.29, 0.717) is 41.0 Å². The van der Waals surface area contributed by atoms with Crippen molar-refractivity contribution < 1.29 is 19.2 Å². The molecule has 1 aromatic carbocycles. The minimum absolute atomic E-state index is 0.0302. The van der Waals surface area contributed by atoms with Crippen LogP contribution in [0.4, 0.5) is 5.69 Å². The topological polar surface area (TPSA) is 110 Å². The van der Waals surface area contributed by atoms with Crippen LogP contribution in [0.5, 0.6) is 5.88 Å². The van der Waals surface area contributed by atoms with Crippen molar-refractivity contribution >= 4 is 23.3 Å². The number of pyridine rings is 1. The number of carbonyl (C=O) groups is 1. The average molecular weight is 443 g/mol. The van der Waals surface area contributed by atoms with Gasteiger partial charge in [-0.1, -0.05) is 16.8 Å². The summed E-state index contributed by atoms with van der Waals surface area (Å²) in [7, 11) is 0. The summed E-state index contributed by atoms with van der Waals surface area (Å²) < 4.78 is 10.9. The maximum atomic E-state index is 11.1. The van der Waals surface area contributed by atoms with Crippen molar-refractivity contribution in [1.29, 1.82) is 0 Å². The Labute approximate surface area is 184 Å². The Morgan fingerprint density at radius 2 is 2.03 bits per heavy atom. The SMILES string of the molecule is CC(C)Oc1ncc(-c2noc(-c3ccc(N[C@H]4CC[C@@H](C(=O)O)C4)cc3)n2)cc1Cl. The summed E-state index contributed by atoms with van der Waals surface area (Å²) in [4.78, 5) is 19.8. The second-order valence-electron chi connectivity index (χ2n) is 7.87. The van der Waals surface area contributed by atoms with Gasteiger partial charge in [0.1, 0.15) is 5.02 Å². The first-order valence-electron chi connectivity index (χ1n) is 10.1. The monoisotopic (exact) mass is 442 g/mol. The van der Waals surface area contributed by atoms with Gasteiger partial charge in [0, 0.05) is 29.1 Å². The fourth-order valence-corrected chi connectivity index (χ4v) is 3.81. The molecular weight excluding hydrogens is 420 g/mol. The van der Waals surface area contributed by atoms with Crippen LogP contribution in [0, 0.1) is 5.92 Å². The zero-order valence-electron chi connectivity index (χ0n) is 17.2. The fraction of sp³-hybridized carbons (Fsp3) is 0.364. The summed E-state index contributed by atoms with van der Waals surface area (Å²) in [5.41, 5.74) is 2.33. The van der Waals surface area contributed by atoms with E-state index >= 15 is 0 Å². The van der Waals surface area contributed by atoms with Crippen LogP contribution >= 0.6 is 11.6 Å². The summed E-state index contributed by atoms with van der Waals surface area (Å²) in [6.07, 6.45) is 3.76. The van der Waals surface area contributed by atoms with Gasteiger partial charge in [-0.25, -0.2) is 4.98 Å². The highest BCUT2D eigenvalue weighted by Gasteiger charge is 2.29. The number of hydrogen-bond acceptors (Lipinski definition) is 7. The van der Waals surface area contributed by atoms with Gasteiger partial charge in [0.05, 0.1) is 12.0 Å². The van der Waals surface area contributed by atoms with E-state index in [1.165, 1.54) is 0 Å². The number of ether oxygens (including phenoxy) is 1. The molecule has 31 heavy (non-hydrogen) atoms. The van der Waals surface area contributed by atoms with Gasteiger partial charge in [-0.05, 0) is 63.4 Å². The molecule has 0 radical (unpaired) electrons. The Kier molecular flexibility index (Phi) is 6.08. The van der Waals surface area contributed by atoms with Gasteiger partial charge >= 0.3 is 5.97 Å². The lowest BCUT2D eigenvalue weighted by atomic mass is 10.1. The summed E-state index contributed by atoms with van der Waals surface area (Å²) in [5.74, 6) is 0.150. The summed E-state index contributed by atoms with van der Waals surface area (Å²) in [6, 6.07) is 9.47. The van der Waals surface area contributed by atoms with E-state index in [9.17, 15) is 4.79 Å². The number of carboxylic acids is 1. The second kappa shape index (κ2) is 8.93. The van der Waals surface area contributed by atoms with Gasteiger partial charge in [-0.2, -0.15) is 4.98 Å². The molecule has 0 unspecified atom stereocenters. The van der Waals surface area contributed by atoms with Crippen molar-refractivity contribution in [3.8, 4) is 28.7 Å². The van der Waals surface area contributed by atoms with Crippen LogP contribution in [0.3, 0.4) is 0 Å². The lowest BCUT2D eigenvalue weighted by Crippen LogP contribution is -2.17. The first-order valence-corrected chi connectivity index (χ1v) is 10.5. The highest BCUT2D eigenvalue weighted by atomic mass is 35.5. The molecule has 0 bridgehead atoms. The number of carboxylic acid groups (broad SMARTS) is 1. The summed E-state index contributed by atoms with van der Waals surface area (Å²) in [6.45, 7) is 3.80. The quantitative estimate of drug-likeness (QED) is 0.531. The molecule has 4 rings (SSSR count). The molecule has 0 spiro atoms. The van der Waals surface area contributed by atoms with E-state index in [1.54, 1.807) is 12.3 Å². The Hall–Kier alpha value is -3.13. The van der Waals surface area contributed by atoms with Crippen molar-refractivity contribution in [3.63, 3.8) is 0 Å². The van der Waals surface area contributed by atoms with E-state index in [2.05, 4.69) is 20.4 Å². The van der Waals surface area contributed by atoms with Crippen molar-refractivity contribution in [1.82, 2.24) is 15.1 Å². The molecule has 1 fully saturated rings. The molecule has 1 aliphatic carbocycles. The van der Waals surface area contributed by atoms with Gasteiger partial charge in [-0.3, -0.25) is 4.79 Å². The number of aliphatic carboxylic acids is 1. The highest BCUT2D eigenvalue weighted by Crippen LogP contribution is 2.30. The second-order valence-corrected chi connectivity index (χ2v) is 8.27. The molecule has 162 valence electrons. The predicted molar refractivity (Wildman–Crippen MR) is 116 cm³/mol. The maximum Gasteiger partial charge on any atom is 0.306 e. The molecule has 3 aromatic rings. The van der Waals surface area contributed by atoms with Gasteiger partial charge in [-0.15, -0.1) is 0 Å². The van der Waals surface area contributed by atoms with Crippen LogP contribution < -0.4 is 10.1 Å². The largest absolute Gasteiger partial charge is 0.481 e. The third-order valence-corrected chi connectivity index (χ3v) is 5.39. The molecule has 2 atom stereocenters. The molecule has 0 amide bonds. The van der Waals surface area contributed by atoms with Crippen LogP contribution in [0.25, 0.3) is 22.8 Å². The van der Waals surface area contributed by atoms with Gasteiger partial charge in [0.2, 0.25) is 11.7 Å². The Bertz CT molecular complexity index is 1070. The summed E-state index contributed by atoms with van der Waals surface area (Å²) in [5, 5.41) is 16.9. The molecule has 0 aliphatic heterocycles. The molecule has 2 aromatic heterocycles. The zero-order chi connectivity index (χ0) is 22.0. The first kappa shape index (κ1) is 21.1. The number of nitrogens with zero attached hydrogens (tertiary/aromatic N) is 3. The van der Waals surface area contributed by atoms with Crippen molar-refractivity contribution in [2.24, 2.45) is 5.92 Å². The first-order chi connectivity index (χ1) is 14.9. The molecular formula is C22H23ClN4O4. The van der Waals surface area contributed by atoms with Crippen LogP contribution in [-0.4, -0.2) is 38.3 Å². The Morgan fingerprint density at radius 1 is 1.26 bits per heavy atom. The third-order valence-electron chi connectivity index (χ3n) is 5.12. The van der Waals surface area contributed by atoms with Crippen molar-refractivity contribution in [2.75, 3.05) is 5.32 Å². The zero-order valence-corrected chi connectivity index (χ0v) is 18.0. The number of hydrogen-bond donors (Lipinski definition) is 2. The number of rotatable bonds is 7. The Balaban J connectivity index is 1.43. The smallest absolute Gasteiger partial charge is 0.306 e. The van der Waals surface area contributed by atoms with Crippen LogP contribution in [-0.2, 0) is 4.79 Å². The molecule has 0 saturated heterocycles. The number of anilines is 1. The minimum Gasteiger partial charge on any atom is -0.481 e. The molecule has 9 heteroatoms. The van der Waals surface area contributed by atoms with Crippen LogP contribution in [0.15, 0.2) is 41.1 Å². The van der Waals surface area contributed by atoms with Crippen LogP contribution in [0.2, 0.25) is 5.02 Å². The van der Waals surface area contributed by atoms with E-state index < -0.39 is 5.97 Å². The maximum absolute atomic E-state index is 11.1. The average Bonchev–Trinajstić information content (AvgIpc) is 3.40. The fourth-order valence-electron chi connectivity index (χ4n) is 3.60. The predicted octanol–water partition coefficient (Wildman–Crippen LogP) is 4.90. The Morgan fingerprint density at radius 3 is 2.68 bits per heavy atom. The summed E-state index contributed by atoms with van der Waals surface area (Å²) >= 11 is 6.25. The normalized spacial score (nSPS) is 18.3. The van der Waals surface area contributed by atoms with Gasteiger partial charge < -0.3 is 19.7 Å². The lowest BCUT2D eigenvalue weighted by molar-refractivity contribution is -0.141. The lowest BCUT2D eigenvalue weighted by Gasteiger charge is -2.14. The van der Waals surface area contributed by atoms with Gasteiger partial charge in [0.25, 0.3) is 5.89 Å². The molecule has 2 N–H and O–H groups in total. The van der Waals surface area contributed by atoms with Crippen molar-refractivity contribution in [3.05, 3.63) is 41.6 Å². The minimum atomic E-state index is -0.717. The van der Waals surface area contributed by atoms with Crippen molar-refractivity contribution in [2.45, 2.75) is 45.3 Å². The van der Waals surface area contributed by atoms with Crippen LogP contribution in [0.1, 0.15) is 33.1 Å². The standard InChI is InChI=1S/C22H23ClN4O4/c1-12(2)30-21-18(23)10-15(11-24-21)19-26-20(31-27-19)13-3-6-16(7-4-13)25-17-8-5-14(9-17)22(28)29/h3-4,6-7,10-12,14,17,25H,5,8-9H2,1-2H3,(H,28,29)/t14-,17+/m1/s1. The van der Waals surface area contributed by atoms with E-state index in [-0.39, 0.29) is 18.1 Å². The van der Waals surface area contributed by atoms with Gasteiger partial charge in [0.15, 0.2) is 0 Å². The van der Waals surface area contributed by atoms with E-state index in [0.717, 1.165) is 17.7 Å². The molecule has 8 nitrogen and oxygen atoms in total. The van der Waals surface area contributed by atoms with E-state index in [4.69, 9.17) is 26.0 Å².